The molecule has 144 valence electrons. The molecule has 0 fully saturated rings. The maximum Gasteiger partial charge on any atom is 0.343 e. The molecule has 4 rings (SSSR count). The van der Waals surface area contributed by atoms with Crippen LogP contribution in [0.25, 0.3) is 0 Å². The van der Waals surface area contributed by atoms with Gasteiger partial charge in [0.1, 0.15) is 11.4 Å². The Morgan fingerprint density at radius 1 is 1.03 bits per heavy atom. The van der Waals surface area contributed by atoms with Gasteiger partial charge in [-0.2, -0.15) is 5.10 Å². The number of rotatable bonds is 5. The average Bonchev–Trinajstić information content (AvgIpc) is 3.23. The van der Waals surface area contributed by atoms with Gasteiger partial charge in [0.2, 0.25) is 6.79 Å². The molecule has 0 spiro atoms. The number of hydrazone groups is 1. The Kier molecular flexibility index (Phi) is 5.15. The van der Waals surface area contributed by atoms with Gasteiger partial charge in [0.05, 0.1) is 11.8 Å². The zero-order chi connectivity index (χ0) is 20.1. The van der Waals surface area contributed by atoms with Crippen molar-refractivity contribution in [2.45, 2.75) is 0 Å². The van der Waals surface area contributed by atoms with Crippen molar-refractivity contribution in [1.82, 2.24) is 10.4 Å². The van der Waals surface area contributed by atoms with Crippen LogP contribution in [0.1, 0.15) is 26.4 Å². The van der Waals surface area contributed by atoms with E-state index in [1.807, 2.05) is 0 Å². The molecule has 0 unspecified atom stereocenters. The summed E-state index contributed by atoms with van der Waals surface area (Å²) in [5.74, 6) is 0.574. The van der Waals surface area contributed by atoms with E-state index in [4.69, 9.17) is 14.2 Å². The molecule has 0 atom stereocenters. The fourth-order valence-electron chi connectivity index (χ4n) is 2.53. The van der Waals surface area contributed by atoms with E-state index in [2.05, 4.69) is 15.5 Å². The van der Waals surface area contributed by atoms with Gasteiger partial charge in [-0.3, -0.25) is 9.78 Å². The van der Waals surface area contributed by atoms with Crippen LogP contribution >= 0.6 is 0 Å². The molecule has 3 aromatic rings. The molecule has 0 saturated heterocycles. The molecule has 29 heavy (non-hydrogen) atoms. The molecular weight excluding hydrogens is 374 g/mol. The van der Waals surface area contributed by atoms with Crippen LogP contribution in [0.15, 0.2) is 72.0 Å². The summed E-state index contributed by atoms with van der Waals surface area (Å²) in [4.78, 5) is 28.1. The van der Waals surface area contributed by atoms with Gasteiger partial charge < -0.3 is 14.2 Å². The normalized spacial score (nSPS) is 12.0. The lowest BCUT2D eigenvalue weighted by Gasteiger charge is -2.05. The second-order valence-electron chi connectivity index (χ2n) is 5.94. The standard InChI is InChI=1S/C21H15N3O5/c25-20(17-3-1-2-10-22-17)24-23-12-14-4-7-16(8-5-14)29-21(26)15-6-9-18-19(11-15)28-13-27-18/h1-12H,13H2,(H,24,25). The summed E-state index contributed by atoms with van der Waals surface area (Å²) in [7, 11) is 0. The summed E-state index contributed by atoms with van der Waals surface area (Å²) in [5, 5.41) is 3.89. The quantitative estimate of drug-likeness (QED) is 0.312. The number of nitrogens with zero attached hydrogens (tertiary/aromatic N) is 2. The van der Waals surface area contributed by atoms with E-state index in [9.17, 15) is 9.59 Å². The summed E-state index contributed by atoms with van der Waals surface area (Å²) in [6.07, 6.45) is 3.01. The number of ether oxygens (including phenoxy) is 3. The highest BCUT2D eigenvalue weighted by atomic mass is 16.7. The summed E-state index contributed by atoms with van der Waals surface area (Å²) >= 11 is 0. The van der Waals surface area contributed by atoms with E-state index >= 15 is 0 Å². The number of pyridine rings is 1. The lowest BCUT2D eigenvalue weighted by molar-refractivity contribution is 0.0734. The first-order valence-electron chi connectivity index (χ1n) is 8.65. The second kappa shape index (κ2) is 8.22. The zero-order valence-electron chi connectivity index (χ0n) is 15.1. The summed E-state index contributed by atoms with van der Waals surface area (Å²) in [6.45, 7) is 0.138. The average molecular weight is 389 g/mol. The minimum atomic E-state index is -0.507. The highest BCUT2D eigenvalue weighted by Gasteiger charge is 2.17. The van der Waals surface area contributed by atoms with Crippen LogP contribution in [0, 0.1) is 0 Å². The number of nitrogens with one attached hydrogen (secondary N) is 1. The van der Waals surface area contributed by atoms with Crippen LogP contribution in [0.3, 0.4) is 0 Å². The zero-order valence-corrected chi connectivity index (χ0v) is 15.1. The number of hydrogen-bond acceptors (Lipinski definition) is 7. The molecule has 2 aromatic carbocycles. The van der Waals surface area contributed by atoms with Crippen molar-refractivity contribution in [3.63, 3.8) is 0 Å². The first-order chi connectivity index (χ1) is 14.2. The fraction of sp³-hybridized carbons (Fsp3) is 0.0476. The van der Waals surface area contributed by atoms with Crippen molar-refractivity contribution in [2.24, 2.45) is 5.10 Å². The molecule has 0 bridgehead atoms. The Labute approximate surface area is 165 Å². The van der Waals surface area contributed by atoms with Gasteiger partial charge >= 0.3 is 5.97 Å². The molecule has 2 heterocycles. The van der Waals surface area contributed by atoms with Gasteiger partial charge in [-0.25, -0.2) is 10.2 Å². The Bertz CT molecular complexity index is 1070. The number of esters is 1. The maximum absolute atomic E-state index is 12.3. The van der Waals surface area contributed by atoms with E-state index < -0.39 is 11.9 Å². The third kappa shape index (κ3) is 4.38. The lowest BCUT2D eigenvalue weighted by atomic mass is 10.2. The van der Waals surface area contributed by atoms with E-state index in [0.717, 1.165) is 0 Å². The van der Waals surface area contributed by atoms with Crippen molar-refractivity contribution in [3.05, 3.63) is 83.7 Å². The van der Waals surface area contributed by atoms with Crippen LogP contribution in [0.2, 0.25) is 0 Å². The summed E-state index contributed by atoms with van der Waals surface area (Å²) in [5.41, 5.74) is 3.75. The number of carbonyl (C=O) groups is 2. The topological polar surface area (TPSA) is 99.1 Å². The molecule has 1 amide bonds. The van der Waals surface area contributed by atoms with Crippen LogP contribution in [-0.4, -0.2) is 29.9 Å². The van der Waals surface area contributed by atoms with Crippen molar-refractivity contribution >= 4 is 18.1 Å². The van der Waals surface area contributed by atoms with Gasteiger partial charge in [0.25, 0.3) is 5.91 Å². The van der Waals surface area contributed by atoms with Gasteiger partial charge in [-0.05, 0) is 60.2 Å². The molecule has 1 aliphatic rings. The van der Waals surface area contributed by atoms with E-state index in [1.54, 1.807) is 60.7 Å². The van der Waals surface area contributed by atoms with Gasteiger partial charge in [-0.15, -0.1) is 0 Å². The van der Waals surface area contributed by atoms with E-state index in [1.165, 1.54) is 12.4 Å². The SMILES string of the molecule is O=C(Oc1ccc(C=NNC(=O)c2ccccn2)cc1)c1ccc2c(c1)OCO2. The number of carbonyl (C=O) groups excluding carboxylic acids is 2. The first kappa shape index (κ1) is 18.2. The highest BCUT2D eigenvalue weighted by Crippen LogP contribution is 2.32. The fourth-order valence-corrected chi connectivity index (χ4v) is 2.53. The number of hydrogen-bond donors (Lipinski definition) is 1. The molecule has 1 aliphatic heterocycles. The van der Waals surface area contributed by atoms with Crippen molar-refractivity contribution in [3.8, 4) is 17.2 Å². The Balaban J connectivity index is 1.34. The van der Waals surface area contributed by atoms with Gasteiger partial charge in [0, 0.05) is 6.20 Å². The molecule has 0 radical (unpaired) electrons. The molecular formula is C21H15N3O5. The predicted octanol–water partition coefficient (Wildman–Crippen LogP) is 2.79. The first-order valence-corrected chi connectivity index (χ1v) is 8.65. The monoisotopic (exact) mass is 389 g/mol. The number of amides is 1. The molecule has 0 saturated carbocycles. The minimum absolute atomic E-state index is 0.138. The highest BCUT2D eigenvalue weighted by molar-refractivity contribution is 5.93. The van der Waals surface area contributed by atoms with Crippen LogP contribution < -0.4 is 19.6 Å². The third-order valence-corrected chi connectivity index (χ3v) is 3.98. The second-order valence-corrected chi connectivity index (χ2v) is 5.94. The summed E-state index contributed by atoms with van der Waals surface area (Å²) in [6, 6.07) is 16.6. The Hall–Kier alpha value is -4.20. The van der Waals surface area contributed by atoms with Crippen molar-refractivity contribution in [2.75, 3.05) is 6.79 Å². The summed E-state index contributed by atoms with van der Waals surface area (Å²) < 4.78 is 15.8. The number of aromatic nitrogens is 1. The van der Waals surface area contributed by atoms with Crippen LogP contribution in [0.5, 0.6) is 17.2 Å². The predicted molar refractivity (Wildman–Crippen MR) is 103 cm³/mol. The smallest absolute Gasteiger partial charge is 0.343 e. The van der Waals surface area contributed by atoms with E-state index in [0.29, 0.717) is 28.4 Å². The van der Waals surface area contributed by atoms with Gasteiger partial charge in [-0.1, -0.05) is 6.07 Å². The van der Waals surface area contributed by atoms with Crippen LogP contribution in [-0.2, 0) is 0 Å². The Morgan fingerprint density at radius 3 is 2.66 bits per heavy atom. The number of benzene rings is 2. The Morgan fingerprint density at radius 2 is 1.86 bits per heavy atom. The van der Waals surface area contributed by atoms with Crippen molar-refractivity contribution in [1.29, 1.82) is 0 Å². The maximum atomic E-state index is 12.3. The lowest BCUT2D eigenvalue weighted by Crippen LogP contribution is -2.18. The molecule has 1 aromatic heterocycles. The molecule has 0 aliphatic carbocycles. The third-order valence-electron chi connectivity index (χ3n) is 3.98. The minimum Gasteiger partial charge on any atom is -0.454 e. The molecule has 8 nitrogen and oxygen atoms in total. The molecule has 8 heteroatoms. The molecule has 1 N–H and O–H groups in total. The van der Waals surface area contributed by atoms with Crippen LogP contribution in [0.4, 0.5) is 0 Å². The number of fused-ring (bicyclic) bond motifs is 1. The van der Waals surface area contributed by atoms with Crippen molar-refractivity contribution < 1.29 is 23.8 Å². The van der Waals surface area contributed by atoms with E-state index in [-0.39, 0.29) is 12.5 Å². The largest absolute Gasteiger partial charge is 0.454 e. The van der Waals surface area contributed by atoms with Gasteiger partial charge in [0.15, 0.2) is 11.5 Å².